The molecule has 0 aliphatic carbocycles. The topological polar surface area (TPSA) is 69.2 Å². The Hall–Kier alpha value is -2.33. The number of alkyl halides is 3. The van der Waals surface area contributed by atoms with E-state index in [9.17, 15) is 21.9 Å². The fraction of sp³-hybridized carbons (Fsp3) is 0.273. The third-order valence-corrected chi connectivity index (χ3v) is 7.40. The van der Waals surface area contributed by atoms with Gasteiger partial charge in [0.25, 0.3) is 0 Å². The molecule has 1 aliphatic heterocycles. The van der Waals surface area contributed by atoms with Crippen molar-refractivity contribution < 1.29 is 21.9 Å². The zero-order valence-electron chi connectivity index (χ0n) is 17.0. The van der Waals surface area contributed by atoms with Crippen LogP contribution in [0.4, 0.5) is 13.2 Å². The second-order valence-corrected chi connectivity index (χ2v) is 9.76. The van der Waals surface area contributed by atoms with E-state index in [1.165, 1.54) is 10.4 Å². The summed E-state index contributed by atoms with van der Waals surface area (Å²) in [4.78, 5) is 8.79. The van der Waals surface area contributed by atoms with Crippen molar-refractivity contribution in [2.24, 2.45) is 0 Å². The number of sulfonamides is 1. The van der Waals surface area contributed by atoms with E-state index in [2.05, 4.69) is 9.97 Å². The number of halogens is 4. The maximum Gasteiger partial charge on any atom is 0.416 e. The molecule has 1 aliphatic rings. The van der Waals surface area contributed by atoms with E-state index in [0.29, 0.717) is 41.0 Å². The Morgan fingerprint density at radius 1 is 1.16 bits per heavy atom. The van der Waals surface area contributed by atoms with Gasteiger partial charge in [0.05, 0.1) is 30.0 Å². The Balaban J connectivity index is 1.74. The molecule has 0 bridgehead atoms. The number of rotatable bonds is 4. The average Bonchev–Trinajstić information content (AvgIpc) is 2.78. The fourth-order valence-corrected chi connectivity index (χ4v) is 5.21. The third-order valence-electron chi connectivity index (χ3n) is 5.30. The predicted octanol–water partition coefficient (Wildman–Crippen LogP) is 5.34. The molecular weight excluding hydrogens is 463 g/mol. The minimum atomic E-state index is -4.63. The van der Waals surface area contributed by atoms with E-state index in [-0.39, 0.29) is 13.1 Å². The first-order chi connectivity index (χ1) is 15.1. The summed E-state index contributed by atoms with van der Waals surface area (Å²) in [6.45, 7) is 2.02. The summed E-state index contributed by atoms with van der Waals surface area (Å²) < 4.78 is 66.9. The molecule has 0 saturated heterocycles. The van der Waals surface area contributed by atoms with Crippen LogP contribution in [0.1, 0.15) is 29.6 Å². The largest absolute Gasteiger partial charge is 0.593 e. The second-order valence-electron chi connectivity index (χ2n) is 7.39. The molecule has 2 heterocycles. The molecule has 32 heavy (non-hydrogen) atoms. The molecule has 1 atom stereocenters. The first-order valence-electron chi connectivity index (χ1n) is 9.91. The van der Waals surface area contributed by atoms with Gasteiger partial charge in [-0.05, 0) is 24.3 Å². The molecular formula is C22H19ClF3N3O2S. The zero-order valence-corrected chi connectivity index (χ0v) is 18.6. The first-order valence-corrected chi connectivity index (χ1v) is 11.7. The molecule has 10 heteroatoms. The smallest absolute Gasteiger partial charge is 0.416 e. The molecule has 5 nitrogen and oxygen atoms in total. The lowest BCUT2D eigenvalue weighted by Crippen LogP contribution is -2.41. The van der Waals surface area contributed by atoms with E-state index in [1.54, 1.807) is 24.3 Å². The van der Waals surface area contributed by atoms with Crippen LogP contribution < -0.4 is 0 Å². The third kappa shape index (κ3) is 4.43. The molecule has 1 aromatic heterocycles. The van der Waals surface area contributed by atoms with Gasteiger partial charge in [0.2, 0.25) is 0 Å². The summed E-state index contributed by atoms with van der Waals surface area (Å²) in [5.74, 6) is 0.642. The molecule has 3 aromatic rings. The van der Waals surface area contributed by atoms with E-state index in [0.717, 1.165) is 23.4 Å². The fourth-order valence-electron chi connectivity index (χ4n) is 3.63. The van der Waals surface area contributed by atoms with Gasteiger partial charge in [-0.1, -0.05) is 40.9 Å². The van der Waals surface area contributed by atoms with Gasteiger partial charge >= 0.3 is 6.18 Å². The van der Waals surface area contributed by atoms with Crippen molar-refractivity contribution in [3.05, 3.63) is 76.2 Å². The number of hydrogen-bond acceptors (Lipinski definition) is 4. The summed E-state index contributed by atoms with van der Waals surface area (Å²) in [7, 11) is -4.15. The Kier molecular flexibility index (Phi) is 6.10. The summed E-state index contributed by atoms with van der Waals surface area (Å²) in [5, 5.41) is 0.557. The molecule has 0 radical (unpaired) electrons. The Morgan fingerprint density at radius 3 is 2.53 bits per heavy atom. The van der Waals surface area contributed by atoms with E-state index < -0.39 is 27.0 Å². The molecule has 0 saturated carbocycles. The summed E-state index contributed by atoms with van der Waals surface area (Å²) >= 11 is 6.00. The number of aryl methyl sites for hydroxylation is 1. The summed E-state index contributed by atoms with van der Waals surface area (Å²) in [6, 6.07) is 10.8. The molecule has 0 spiro atoms. The van der Waals surface area contributed by atoms with Crippen LogP contribution in [-0.2, 0) is 40.2 Å². The van der Waals surface area contributed by atoms with Gasteiger partial charge in [-0.2, -0.15) is 13.2 Å². The van der Waals surface area contributed by atoms with E-state index in [4.69, 9.17) is 11.6 Å². The molecule has 0 fully saturated rings. The summed E-state index contributed by atoms with van der Waals surface area (Å²) in [5.41, 5.74) is 1.76. The van der Waals surface area contributed by atoms with Crippen LogP contribution in [0.5, 0.6) is 0 Å². The molecule has 0 N–H and O–H groups in total. The van der Waals surface area contributed by atoms with Gasteiger partial charge in [-0.15, -0.1) is 4.31 Å². The maximum atomic E-state index is 13.2. The van der Waals surface area contributed by atoms with Crippen LogP contribution in [0.15, 0.2) is 53.4 Å². The van der Waals surface area contributed by atoms with Gasteiger partial charge in [-0.25, -0.2) is 9.97 Å². The zero-order chi connectivity index (χ0) is 23.1. The lowest BCUT2D eigenvalue weighted by Gasteiger charge is -2.32. The van der Waals surface area contributed by atoms with Gasteiger partial charge in [-0.3, -0.25) is 0 Å². The SMILES string of the molecule is CCc1nc2c(c(-c3ccc(Cl)cc3)n1)CN([S+](=O)([O-])c1cccc(C(F)(F)F)c1)CC2. The van der Waals surface area contributed by atoms with Crippen molar-refractivity contribution in [3.63, 3.8) is 0 Å². The highest BCUT2D eigenvalue weighted by Crippen LogP contribution is 2.35. The van der Waals surface area contributed by atoms with Crippen molar-refractivity contribution in [1.29, 1.82) is 0 Å². The van der Waals surface area contributed by atoms with E-state index >= 15 is 0 Å². The Labute approximate surface area is 189 Å². The highest BCUT2D eigenvalue weighted by Gasteiger charge is 2.38. The maximum absolute atomic E-state index is 13.2. The molecule has 2 aromatic carbocycles. The molecule has 1 unspecified atom stereocenters. The van der Waals surface area contributed by atoms with Gasteiger partial charge in [0.1, 0.15) is 5.82 Å². The highest BCUT2D eigenvalue weighted by molar-refractivity contribution is 7.95. The van der Waals surface area contributed by atoms with Crippen LogP contribution in [0, 0.1) is 0 Å². The van der Waals surface area contributed by atoms with E-state index in [1.807, 2.05) is 6.92 Å². The summed E-state index contributed by atoms with van der Waals surface area (Å²) in [6.07, 6.45) is -3.68. The number of hydrogen-bond donors (Lipinski definition) is 0. The average molecular weight is 482 g/mol. The van der Waals surface area contributed by atoms with Crippen molar-refractivity contribution in [2.45, 2.75) is 37.4 Å². The number of fused-ring (bicyclic) bond motifs is 1. The van der Waals surface area contributed by atoms with Crippen LogP contribution in [0.3, 0.4) is 0 Å². The minimum Gasteiger partial charge on any atom is -0.593 e. The molecule has 0 amide bonds. The number of nitrogens with zero attached hydrogens (tertiary/aromatic N) is 3. The lowest BCUT2D eigenvalue weighted by atomic mass is 10.00. The van der Waals surface area contributed by atoms with Gasteiger partial charge < -0.3 is 4.55 Å². The molecule has 168 valence electrons. The lowest BCUT2D eigenvalue weighted by molar-refractivity contribution is -0.137. The van der Waals surface area contributed by atoms with Crippen LogP contribution in [0.25, 0.3) is 11.3 Å². The number of benzene rings is 2. The second kappa shape index (κ2) is 8.55. The van der Waals surface area contributed by atoms with Crippen LogP contribution in [0.2, 0.25) is 5.02 Å². The number of aromatic nitrogens is 2. The standard InChI is InChI=1S/C22H19ClF3N3O2S/c1-2-20-27-19-10-11-29(13-18(19)21(28-20)14-6-8-16(23)9-7-14)32(30,31)17-5-3-4-15(12-17)22(24,25)26/h3-9,12H,2,10-11,13H2,1H3. The van der Waals surface area contributed by atoms with Crippen LogP contribution >= 0.6 is 11.6 Å². The Bertz CT molecular complexity index is 1200. The predicted molar refractivity (Wildman–Crippen MR) is 115 cm³/mol. The Morgan fingerprint density at radius 2 is 1.88 bits per heavy atom. The highest BCUT2D eigenvalue weighted by atomic mass is 35.5. The van der Waals surface area contributed by atoms with Crippen molar-refractivity contribution >= 4 is 22.0 Å². The van der Waals surface area contributed by atoms with Crippen molar-refractivity contribution in [2.75, 3.05) is 6.54 Å². The van der Waals surface area contributed by atoms with Crippen molar-refractivity contribution in [3.8, 4) is 11.3 Å². The van der Waals surface area contributed by atoms with Gasteiger partial charge in [0, 0.05) is 35.1 Å². The minimum absolute atomic E-state index is 0.0319. The first kappa shape index (κ1) is 22.8. The van der Waals surface area contributed by atoms with Crippen LogP contribution in [-0.4, -0.2) is 25.4 Å². The normalized spacial score (nSPS) is 16.4. The monoisotopic (exact) mass is 481 g/mol. The molecule has 4 rings (SSSR count). The quantitative estimate of drug-likeness (QED) is 0.472. The van der Waals surface area contributed by atoms with Crippen molar-refractivity contribution in [1.82, 2.24) is 14.3 Å². The van der Waals surface area contributed by atoms with Gasteiger partial charge in [0.15, 0.2) is 15.3 Å².